The molecule has 1 aliphatic rings. The maximum atomic E-state index is 13.0. The van der Waals surface area contributed by atoms with Gasteiger partial charge in [0.05, 0.1) is 4.90 Å². The third-order valence-corrected chi connectivity index (χ3v) is 6.07. The van der Waals surface area contributed by atoms with Crippen LogP contribution >= 0.6 is 15.9 Å². The van der Waals surface area contributed by atoms with Gasteiger partial charge in [-0.25, -0.2) is 17.5 Å². The van der Waals surface area contributed by atoms with Crippen LogP contribution in [-0.4, -0.2) is 14.5 Å². The summed E-state index contributed by atoms with van der Waals surface area (Å²) in [5, 5.41) is 0. The van der Waals surface area contributed by atoms with Crippen molar-refractivity contribution >= 4 is 26.0 Å². The highest BCUT2D eigenvalue weighted by atomic mass is 79.9. The molecule has 0 aliphatic heterocycles. The molecule has 1 fully saturated rings. The van der Waals surface area contributed by atoms with Gasteiger partial charge in [-0.15, -0.1) is 0 Å². The largest absolute Gasteiger partial charge is 0.241 e. The van der Waals surface area contributed by atoms with Gasteiger partial charge in [0.2, 0.25) is 10.0 Å². The second kappa shape index (κ2) is 5.89. The van der Waals surface area contributed by atoms with Crippen LogP contribution < -0.4 is 4.72 Å². The maximum Gasteiger partial charge on any atom is 0.241 e. The molecule has 19 heavy (non-hydrogen) atoms. The van der Waals surface area contributed by atoms with Gasteiger partial charge in [0.25, 0.3) is 0 Å². The van der Waals surface area contributed by atoms with E-state index in [9.17, 15) is 12.8 Å². The fraction of sp³-hybridized carbons (Fsp3) is 0.538. The van der Waals surface area contributed by atoms with Crippen molar-refractivity contribution in [1.82, 2.24) is 4.72 Å². The number of hydrogen-bond acceptors (Lipinski definition) is 2. The van der Waals surface area contributed by atoms with Crippen molar-refractivity contribution in [3.8, 4) is 0 Å². The minimum atomic E-state index is -3.60. The Bertz CT molecular complexity index is 562. The molecule has 0 saturated heterocycles. The van der Waals surface area contributed by atoms with Crippen LogP contribution in [0.2, 0.25) is 0 Å². The normalized spacial score (nSPS) is 24.4. The molecule has 2 unspecified atom stereocenters. The van der Waals surface area contributed by atoms with Crippen LogP contribution in [0.1, 0.15) is 32.6 Å². The molecule has 0 radical (unpaired) electrons. The molecule has 0 amide bonds. The molecule has 0 heterocycles. The van der Waals surface area contributed by atoms with Crippen LogP contribution in [0, 0.1) is 11.7 Å². The Morgan fingerprint density at radius 3 is 2.63 bits per heavy atom. The van der Waals surface area contributed by atoms with Gasteiger partial charge in [0, 0.05) is 10.5 Å². The second-order valence-electron chi connectivity index (χ2n) is 5.06. The average Bonchev–Trinajstić information content (AvgIpc) is 2.31. The fourth-order valence-electron chi connectivity index (χ4n) is 2.45. The SMILES string of the molecule is CC1CCCCC1NS(=O)(=O)c1ccc(F)cc1Br. The molecule has 0 spiro atoms. The predicted octanol–water partition coefficient (Wildman–Crippen LogP) is 3.45. The minimum Gasteiger partial charge on any atom is -0.208 e. The van der Waals surface area contributed by atoms with Crippen molar-refractivity contribution in [2.75, 3.05) is 0 Å². The molecule has 3 nitrogen and oxygen atoms in total. The Morgan fingerprint density at radius 1 is 1.32 bits per heavy atom. The van der Waals surface area contributed by atoms with E-state index in [0.29, 0.717) is 5.92 Å². The quantitative estimate of drug-likeness (QED) is 0.908. The van der Waals surface area contributed by atoms with E-state index >= 15 is 0 Å². The van der Waals surface area contributed by atoms with Crippen molar-refractivity contribution in [3.05, 3.63) is 28.5 Å². The van der Waals surface area contributed by atoms with E-state index in [1.54, 1.807) is 0 Å². The number of hydrogen-bond donors (Lipinski definition) is 1. The summed E-state index contributed by atoms with van der Waals surface area (Å²) < 4.78 is 40.6. The lowest BCUT2D eigenvalue weighted by Gasteiger charge is -2.29. The highest BCUT2D eigenvalue weighted by molar-refractivity contribution is 9.10. The lowest BCUT2D eigenvalue weighted by atomic mass is 9.87. The highest BCUT2D eigenvalue weighted by Gasteiger charge is 2.27. The summed E-state index contributed by atoms with van der Waals surface area (Å²) in [6.45, 7) is 2.06. The van der Waals surface area contributed by atoms with E-state index < -0.39 is 15.8 Å². The first-order valence-corrected chi connectivity index (χ1v) is 8.65. The fourth-order valence-corrected chi connectivity index (χ4v) is 4.88. The summed E-state index contributed by atoms with van der Waals surface area (Å²) in [5.74, 6) is -0.125. The number of sulfonamides is 1. The zero-order chi connectivity index (χ0) is 14.0. The van der Waals surface area contributed by atoms with E-state index in [2.05, 4.69) is 27.6 Å². The van der Waals surface area contributed by atoms with Crippen LogP contribution in [0.4, 0.5) is 4.39 Å². The molecule has 1 saturated carbocycles. The maximum absolute atomic E-state index is 13.0. The summed E-state index contributed by atoms with van der Waals surface area (Å²) >= 11 is 3.10. The summed E-state index contributed by atoms with van der Waals surface area (Å²) in [5.41, 5.74) is 0. The van der Waals surface area contributed by atoms with Crippen LogP contribution in [0.3, 0.4) is 0 Å². The van der Waals surface area contributed by atoms with Crippen LogP contribution in [0.25, 0.3) is 0 Å². The molecule has 106 valence electrons. The van der Waals surface area contributed by atoms with Crippen molar-refractivity contribution in [3.63, 3.8) is 0 Å². The Labute approximate surface area is 121 Å². The number of halogens is 2. The number of benzene rings is 1. The zero-order valence-electron chi connectivity index (χ0n) is 10.7. The lowest BCUT2D eigenvalue weighted by Crippen LogP contribution is -2.41. The topological polar surface area (TPSA) is 46.2 Å². The van der Waals surface area contributed by atoms with E-state index in [1.807, 2.05) is 0 Å². The first kappa shape index (κ1) is 14.9. The van der Waals surface area contributed by atoms with E-state index in [1.165, 1.54) is 12.1 Å². The molecule has 2 atom stereocenters. The lowest BCUT2D eigenvalue weighted by molar-refractivity contribution is 0.310. The van der Waals surface area contributed by atoms with Crippen molar-refractivity contribution in [2.45, 2.75) is 43.5 Å². The van der Waals surface area contributed by atoms with E-state index in [-0.39, 0.29) is 15.4 Å². The number of nitrogens with one attached hydrogen (secondary N) is 1. The molecule has 1 aromatic rings. The van der Waals surface area contributed by atoms with Gasteiger partial charge in [0.15, 0.2) is 0 Å². The third kappa shape index (κ3) is 3.55. The standard InChI is InChI=1S/C13H17BrFNO2S/c1-9-4-2-3-5-12(9)16-19(17,18)13-7-6-10(15)8-11(13)14/h6-9,12,16H,2-5H2,1H3. The third-order valence-electron chi connectivity index (χ3n) is 3.60. The monoisotopic (exact) mass is 349 g/mol. The average molecular weight is 350 g/mol. The van der Waals surface area contributed by atoms with E-state index in [4.69, 9.17) is 0 Å². The smallest absolute Gasteiger partial charge is 0.208 e. The molecule has 1 N–H and O–H groups in total. The molecular weight excluding hydrogens is 333 g/mol. The van der Waals surface area contributed by atoms with Crippen LogP contribution in [0.5, 0.6) is 0 Å². The van der Waals surface area contributed by atoms with E-state index in [0.717, 1.165) is 31.7 Å². The van der Waals surface area contributed by atoms with Gasteiger partial charge < -0.3 is 0 Å². The first-order valence-electron chi connectivity index (χ1n) is 6.37. The van der Waals surface area contributed by atoms with Crippen molar-refractivity contribution in [2.24, 2.45) is 5.92 Å². The zero-order valence-corrected chi connectivity index (χ0v) is 13.1. The molecule has 2 rings (SSSR count). The summed E-state index contributed by atoms with van der Waals surface area (Å²) in [6.07, 6.45) is 4.10. The van der Waals surface area contributed by atoms with Gasteiger partial charge in [-0.05, 0) is 52.9 Å². The predicted molar refractivity (Wildman–Crippen MR) is 75.8 cm³/mol. The summed E-state index contributed by atoms with van der Waals surface area (Å²) in [6, 6.07) is 3.58. The highest BCUT2D eigenvalue weighted by Crippen LogP contribution is 2.27. The molecule has 1 aliphatic carbocycles. The van der Waals surface area contributed by atoms with Gasteiger partial charge >= 0.3 is 0 Å². The Balaban J connectivity index is 2.22. The van der Waals surface area contributed by atoms with Gasteiger partial charge in [0.1, 0.15) is 5.82 Å². The minimum absolute atomic E-state index is 0.0318. The number of rotatable bonds is 3. The van der Waals surface area contributed by atoms with Gasteiger partial charge in [-0.3, -0.25) is 0 Å². The molecule has 6 heteroatoms. The van der Waals surface area contributed by atoms with Crippen molar-refractivity contribution in [1.29, 1.82) is 0 Å². The summed E-state index contributed by atoms with van der Waals surface area (Å²) in [7, 11) is -3.60. The summed E-state index contributed by atoms with van der Waals surface area (Å²) in [4.78, 5) is 0.0895. The first-order chi connectivity index (χ1) is 8.90. The van der Waals surface area contributed by atoms with Crippen molar-refractivity contribution < 1.29 is 12.8 Å². The Hall–Kier alpha value is -0.460. The second-order valence-corrected chi connectivity index (χ2v) is 7.60. The Kier molecular flexibility index (Phi) is 4.63. The molecule has 0 bridgehead atoms. The van der Waals surface area contributed by atoms with Crippen LogP contribution in [-0.2, 0) is 10.0 Å². The Morgan fingerprint density at radius 2 is 2.00 bits per heavy atom. The van der Waals surface area contributed by atoms with Gasteiger partial charge in [-0.1, -0.05) is 19.8 Å². The van der Waals surface area contributed by atoms with Gasteiger partial charge in [-0.2, -0.15) is 0 Å². The molecule has 0 aromatic heterocycles. The van der Waals surface area contributed by atoms with Crippen LogP contribution in [0.15, 0.2) is 27.6 Å². The molecule has 1 aromatic carbocycles. The molecular formula is C13H17BrFNO2S.